The van der Waals surface area contributed by atoms with Crippen LogP contribution < -0.4 is 5.32 Å². The van der Waals surface area contributed by atoms with Crippen molar-refractivity contribution in [3.63, 3.8) is 0 Å². The molecular formula is C8H11N3O3S. The van der Waals surface area contributed by atoms with E-state index >= 15 is 0 Å². The maximum absolute atomic E-state index is 11.4. The minimum Gasteiger partial charge on any atom is -0.354 e. The van der Waals surface area contributed by atoms with E-state index in [0.717, 1.165) is 5.69 Å². The van der Waals surface area contributed by atoms with Crippen molar-refractivity contribution in [1.82, 2.24) is 15.5 Å². The summed E-state index contributed by atoms with van der Waals surface area (Å²) in [6, 6.07) is 0. The fraction of sp³-hybridized carbons (Fsp3) is 0.500. The number of aromatic amines is 1. The van der Waals surface area contributed by atoms with Crippen LogP contribution in [0.2, 0.25) is 0 Å². The molecule has 1 aliphatic heterocycles. The first kappa shape index (κ1) is 10.2. The van der Waals surface area contributed by atoms with Crippen LogP contribution in [0.15, 0.2) is 0 Å². The summed E-state index contributed by atoms with van der Waals surface area (Å²) in [4.78, 5) is 11.4. The largest absolute Gasteiger partial charge is 0.354 e. The van der Waals surface area contributed by atoms with Crippen molar-refractivity contribution in [3.05, 3.63) is 17.0 Å². The first-order valence-corrected chi connectivity index (χ1v) is 6.34. The first-order chi connectivity index (χ1) is 7.03. The number of hydrogen-bond acceptors (Lipinski definition) is 4. The third kappa shape index (κ3) is 1.74. The highest BCUT2D eigenvalue weighted by Crippen LogP contribution is 2.21. The summed E-state index contributed by atoms with van der Waals surface area (Å²) in [5.41, 5.74) is 1.46. The van der Waals surface area contributed by atoms with Gasteiger partial charge in [0.15, 0.2) is 15.5 Å². The molecule has 0 aromatic carbocycles. The Hall–Kier alpha value is -1.37. The molecule has 0 unspecified atom stereocenters. The number of amides is 1. The van der Waals surface area contributed by atoms with Crippen LogP contribution in [0.4, 0.5) is 0 Å². The van der Waals surface area contributed by atoms with Crippen LogP contribution in [0.25, 0.3) is 0 Å². The van der Waals surface area contributed by atoms with Crippen molar-refractivity contribution in [3.8, 4) is 0 Å². The maximum Gasteiger partial charge on any atom is 0.271 e. The monoisotopic (exact) mass is 229 g/mol. The Bertz CT molecular complexity index is 503. The molecule has 0 aliphatic carbocycles. The molecule has 0 saturated carbocycles. The first-order valence-electron chi connectivity index (χ1n) is 4.52. The Kier molecular flexibility index (Phi) is 2.26. The standard InChI is InChI=1S/C8H11N3O3S/c1-9-8(12)7-5-4-15(13,14)3-2-6(5)10-11-7/h2-4H2,1H3,(H,9,12)(H,10,11). The zero-order valence-corrected chi connectivity index (χ0v) is 9.02. The quantitative estimate of drug-likeness (QED) is 0.662. The van der Waals surface area contributed by atoms with E-state index in [2.05, 4.69) is 15.5 Å². The molecule has 82 valence electrons. The average Bonchev–Trinajstić information content (AvgIpc) is 2.58. The Morgan fingerprint density at radius 3 is 2.93 bits per heavy atom. The molecule has 0 bridgehead atoms. The van der Waals surface area contributed by atoms with Gasteiger partial charge in [-0.3, -0.25) is 9.89 Å². The number of hydrogen-bond donors (Lipinski definition) is 2. The molecule has 2 rings (SSSR count). The van der Waals surface area contributed by atoms with Gasteiger partial charge in [-0.1, -0.05) is 0 Å². The van der Waals surface area contributed by atoms with Crippen LogP contribution in [-0.2, 0) is 22.0 Å². The number of nitrogens with zero attached hydrogens (tertiary/aromatic N) is 1. The number of rotatable bonds is 1. The molecule has 1 aliphatic rings. The second-order valence-corrected chi connectivity index (χ2v) is 5.63. The summed E-state index contributed by atoms with van der Waals surface area (Å²) >= 11 is 0. The third-order valence-corrected chi connectivity index (χ3v) is 3.98. The molecule has 0 saturated heterocycles. The summed E-state index contributed by atoms with van der Waals surface area (Å²) < 4.78 is 22.8. The zero-order valence-electron chi connectivity index (χ0n) is 8.20. The van der Waals surface area contributed by atoms with Crippen LogP contribution in [0, 0.1) is 0 Å². The minimum absolute atomic E-state index is 0.0956. The van der Waals surface area contributed by atoms with Gasteiger partial charge < -0.3 is 5.32 Å². The molecule has 2 heterocycles. The van der Waals surface area contributed by atoms with Crippen LogP contribution in [0.5, 0.6) is 0 Å². The van der Waals surface area contributed by atoms with E-state index in [1.54, 1.807) is 0 Å². The second-order valence-electron chi connectivity index (χ2n) is 3.45. The van der Waals surface area contributed by atoms with E-state index in [-0.39, 0.29) is 23.1 Å². The van der Waals surface area contributed by atoms with Crippen LogP contribution in [0.1, 0.15) is 21.7 Å². The van der Waals surface area contributed by atoms with Crippen molar-refractivity contribution in [2.45, 2.75) is 12.2 Å². The number of H-pyrrole nitrogens is 1. The van der Waals surface area contributed by atoms with Crippen molar-refractivity contribution in [2.24, 2.45) is 0 Å². The zero-order chi connectivity index (χ0) is 11.1. The number of carbonyl (C=O) groups is 1. The Morgan fingerprint density at radius 2 is 2.27 bits per heavy atom. The second kappa shape index (κ2) is 3.34. The van der Waals surface area contributed by atoms with Crippen molar-refractivity contribution >= 4 is 15.7 Å². The highest BCUT2D eigenvalue weighted by molar-refractivity contribution is 7.90. The molecule has 0 fully saturated rings. The molecule has 1 aromatic heterocycles. The molecule has 0 radical (unpaired) electrons. The number of aryl methyl sites for hydroxylation is 1. The molecule has 1 aromatic rings. The van der Waals surface area contributed by atoms with Gasteiger partial charge in [0.2, 0.25) is 0 Å². The van der Waals surface area contributed by atoms with E-state index in [1.165, 1.54) is 7.05 Å². The van der Waals surface area contributed by atoms with Crippen LogP contribution in [-0.4, -0.2) is 37.3 Å². The van der Waals surface area contributed by atoms with Gasteiger partial charge in [0, 0.05) is 24.7 Å². The van der Waals surface area contributed by atoms with Crippen molar-refractivity contribution < 1.29 is 13.2 Å². The van der Waals surface area contributed by atoms with Gasteiger partial charge >= 0.3 is 0 Å². The molecule has 15 heavy (non-hydrogen) atoms. The smallest absolute Gasteiger partial charge is 0.271 e. The molecular weight excluding hydrogens is 218 g/mol. The molecule has 1 amide bonds. The Morgan fingerprint density at radius 1 is 1.53 bits per heavy atom. The SMILES string of the molecule is CNC(=O)c1n[nH]c2c1CS(=O)(=O)CC2. The predicted molar refractivity (Wildman–Crippen MR) is 53.2 cm³/mol. The van der Waals surface area contributed by atoms with Gasteiger partial charge in [-0.2, -0.15) is 5.10 Å². The summed E-state index contributed by atoms with van der Waals surface area (Å²) in [7, 11) is -1.58. The van der Waals surface area contributed by atoms with E-state index in [1.807, 2.05) is 0 Å². The van der Waals surface area contributed by atoms with Crippen LogP contribution in [0.3, 0.4) is 0 Å². The molecule has 2 N–H and O–H groups in total. The highest BCUT2D eigenvalue weighted by Gasteiger charge is 2.28. The lowest BCUT2D eigenvalue weighted by Gasteiger charge is -2.11. The maximum atomic E-state index is 11.4. The number of sulfone groups is 1. The average molecular weight is 229 g/mol. The van der Waals surface area contributed by atoms with Gasteiger partial charge in [-0.15, -0.1) is 0 Å². The lowest BCUT2D eigenvalue weighted by Crippen LogP contribution is -2.23. The molecule has 0 spiro atoms. The lowest BCUT2D eigenvalue weighted by molar-refractivity contribution is 0.0957. The summed E-state index contributed by atoms with van der Waals surface area (Å²) in [5, 5.41) is 8.97. The van der Waals surface area contributed by atoms with Gasteiger partial charge in [0.05, 0.1) is 11.5 Å². The van der Waals surface area contributed by atoms with E-state index < -0.39 is 9.84 Å². The fourth-order valence-corrected chi connectivity index (χ4v) is 3.03. The Labute approximate surface area is 87.0 Å². The molecule has 6 nitrogen and oxygen atoms in total. The topological polar surface area (TPSA) is 91.9 Å². The highest BCUT2D eigenvalue weighted by atomic mass is 32.2. The summed E-state index contributed by atoms with van der Waals surface area (Å²) in [6.07, 6.45) is 0.404. The predicted octanol–water partition coefficient (Wildman–Crippen LogP) is -0.760. The summed E-state index contributed by atoms with van der Waals surface area (Å²) in [5.74, 6) is -0.332. The van der Waals surface area contributed by atoms with E-state index in [4.69, 9.17) is 0 Å². The molecule has 7 heteroatoms. The fourth-order valence-electron chi connectivity index (χ4n) is 1.62. The molecule has 0 atom stereocenters. The third-order valence-electron chi connectivity index (χ3n) is 2.42. The van der Waals surface area contributed by atoms with Crippen LogP contribution >= 0.6 is 0 Å². The van der Waals surface area contributed by atoms with Crippen molar-refractivity contribution in [2.75, 3.05) is 12.8 Å². The lowest BCUT2D eigenvalue weighted by atomic mass is 10.1. The number of aromatic nitrogens is 2. The minimum atomic E-state index is -3.07. The van der Waals surface area contributed by atoms with E-state index in [9.17, 15) is 13.2 Å². The van der Waals surface area contributed by atoms with Gasteiger partial charge in [-0.05, 0) is 0 Å². The summed E-state index contributed by atoms with van der Waals surface area (Å²) in [6.45, 7) is 0. The number of fused-ring (bicyclic) bond motifs is 1. The van der Waals surface area contributed by atoms with E-state index in [0.29, 0.717) is 12.0 Å². The normalized spacial score (nSPS) is 18.2. The van der Waals surface area contributed by atoms with Gasteiger partial charge in [-0.25, -0.2) is 8.42 Å². The number of carbonyl (C=O) groups excluding carboxylic acids is 1. The number of nitrogens with one attached hydrogen (secondary N) is 2. The Balaban J connectivity index is 2.46. The van der Waals surface area contributed by atoms with Gasteiger partial charge in [0.1, 0.15) is 0 Å². The van der Waals surface area contributed by atoms with Gasteiger partial charge in [0.25, 0.3) is 5.91 Å². The van der Waals surface area contributed by atoms with Crippen molar-refractivity contribution in [1.29, 1.82) is 0 Å².